The van der Waals surface area contributed by atoms with Gasteiger partial charge in [0.15, 0.2) is 0 Å². The Balaban J connectivity index is 1.28. The largest absolute Gasteiger partial charge is 0.336 e. The molecule has 2 aromatic rings. The summed E-state index contributed by atoms with van der Waals surface area (Å²) in [5.74, 6) is 0.531. The summed E-state index contributed by atoms with van der Waals surface area (Å²) in [6.45, 7) is 2.47. The van der Waals surface area contributed by atoms with Crippen LogP contribution in [-0.2, 0) is 10.5 Å². The van der Waals surface area contributed by atoms with E-state index in [2.05, 4.69) is 31.2 Å². The topological polar surface area (TPSA) is 130 Å². The van der Waals surface area contributed by atoms with Gasteiger partial charge < -0.3 is 21.3 Å². The van der Waals surface area contributed by atoms with E-state index in [0.717, 1.165) is 44.1 Å². The number of rotatable bonds is 6. The standard InChI is InChI=1S/C25H31N7O3/c1-15-11-16(29-17-12-18(28-14-27-17)30-22(35)24(7-8-24)13-26-2)21(34)32-19(15)20(33)31-25(32)9-5-23(3-4-23)6-10-25/h11-12,14,26H,3-10,13H2,1-2H3,(H,31,33)(H2,27,28,29,30,35). The monoisotopic (exact) mass is 477 g/mol. The van der Waals surface area contributed by atoms with E-state index in [9.17, 15) is 14.4 Å². The maximum atomic E-state index is 13.7. The van der Waals surface area contributed by atoms with Gasteiger partial charge in [-0.2, -0.15) is 0 Å². The second-order valence-electron chi connectivity index (χ2n) is 10.9. The number of aryl methyl sites for hydroxylation is 1. The number of nitrogens with one attached hydrogen (secondary N) is 4. The molecule has 3 heterocycles. The molecule has 3 saturated carbocycles. The molecular formula is C25H31N7O3. The summed E-state index contributed by atoms with van der Waals surface area (Å²) in [4.78, 5) is 47.7. The average molecular weight is 478 g/mol. The molecule has 6 rings (SSSR count). The molecule has 184 valence electrons. The number of carbonyl (C=O) groups excluding carboxylic acids is 2. The molecule has 0 bridgehead atoms. The average Bonchev–Trinajstić information content (AvgIpc) is 3.75. The Morgan fingerprint density at radius 1 is 1.03 bits per heavy atom. The van der Waals surface area contributed by atoms with Crippen LogP contribution in [-0.4, -0.2) is 39.9 Å². The number of anilines is 3. The molecular weight excluding hydrogens is 446 g/mol. The minimum Gasteiger partial charge on any atom is -0.336 e. The van der Waals surface area contributed by atoms with Gasteiger partial charge in [-0.25, -0.2) is 9.97 Å². The predicted molar refractivity (Wildman–Crippen MR) is 131 cm³/mol. The highest BCUT2D eigenvalue weighted by Gasteiger charge is 2.54. The van der Waals surface area contributed by atoms with Crippen LogP contribution in [0.25, 0.3) is 0 Å². The molecule has 4 aliphatic rings. The smallest absolute Gasteiger partial charge is 0.276 e. The predicted octanol–water partition coefficient (Wildman–Crippen LogP) is 2.38. The lowest BCUT2D eigenvalue weighted by atomic mass is 9.79. The number of fused-ring (bicyclic) bond motifs is 2. The van der Waals surface area contributed by atoms with Crippen LogP contribution in [0, 0.1) is 17.8 Å². The summed E-state index contributed by atoms with van der Waals surface area (Å²) in [5.41, 5.74) is 0.679. The zero-order valence-corrected chi connectivity index (χ0v) is 20.2. The molecule has 10 nitrogen and oxygen atoms in total. The summed E-state index contributed by atoms with van der Waals surface area (Å²) in [6, 6.07) is 3.32. The number of nitrogens with zero attached hydrogens (tertiary/aromatic N) is 3. The van der Waals surface area contributed by atoms with E-state index < -0.39 is 5.66 Å². The van der Waals surface area contributed by atoms with Gasteiger partial charge in [-0.1, -0.05) is 0 Å². The number of hydrogen-bond acceptors (Lipinski definition) is 7. The van der Waals surface area contributed by atoms with Gasteiger partial charge in [0, 0.05) is 12.6 Å². The van der Waals surface area contributed by atoms with Crippen molar-refractivity contribution in [2.45, 2.75) is 64.0 Å². The molecule has 2 aromatic heterocycles. The third-order valence-corrected chi connectivity index (χ3v) is 8.50. The zero-order valence-electron chi connectivity index (χ0n) is 20.2. The first-order valence-corrected chi connectivity index (χ1v) is 12.4. The van der Waals surface area contributed by atoms with Gasteiger partial charge in [-0.05, 0) is 82.4 Å². The summed E-state index contributed by atoms with van der Waals surface area (Å²) in [6.07, 6.45) is 9.15. The number of hydrogen-bond donors (Lipinski definition) is 4. The van der Waals surface area contributed by atoms with Gasteiger partial charge in [0.2, 0.25) is 5.91 Å². The molecule has 2 amide bonds. The third-order valence-electron chi connectivity index (χ3n) is 8.50. The van der Waals surface area contributed by atoms with Crippen molar-refractivity contribution in [1.82, 2.24) is 25.2 Å². The fourth-order valence-electron chi connectivity index (χ4n) is 5.92. The van der Waals surface area contributed by atoms with E-state index in [-0.39, 0.29) is 22.8 Å². The van der Waals surface area contributed by atoms with Crippen LogP contribution in [0.5, 0.6) is 0 Å². The van der Waals surface area contributed by atoms with Crippen molar-refractivity contribution in [1.29, 1.82) is 0 Å². The minimum absolute atomic E-state index is 0.0674. The molecule has 1 aliphatic heterocycles. The van der Waals surface area contributed by atoms with E-state index in [0.29, 0.717) is 35.0 Å². The van der Waals surface area contributed by atoms with Crippen LogP contribution in [0.1, 0.15) is 67.4 Å². The van der Waals surface area contributed by atoms with Crippen LogP contribution in [0.3, 0.4) is 0 Å². The molecule has 0 unspecified atom stereocenters. The lowest BCUT2D eigenvalue weighted by Crippen LogP contribution is -2.50. The molecule has 35 heavy (non-hydrogen) atoms. The van der Waals surface area contributed by atoms with Crippen LogP contribution in [0.4, 0.5) is 17.3 Å². The van der Waals surface area contributed by atoms with Crippen molar-refractivity contribution in [2.75, 3.05) is 24.2 Å². The number of amides is 2. The number of pyridine rings is 1. The normalized spacial score (nSPS) is 21.9. The van der Waals surface area contributed by atoms with Crippen molar-refractivity contribution in [2.24, 2.45) is 10.8 Å². The fourth-order valence-corrected chi connectivity index (χ4v) is 5.92. The molecule has 0 radical (unpaired) electrons. The SMILES string of the molecule is CNCC1(C(=O)Nc2cc(Nc3cc(C)c4n(c3=O)C3(CCC5(CC5)CC3)NC4=O)ncn2)CC1. The molecule has 4 N–H and O–H groups in total. The second kappa shape index (κ2) is 7.61. The molecule has 3 aliphatic carbocycles. The lowest BCUT2D eigenvalue weighted by Gasteiger charge is -2.39. The maximum Gasteiger partial charge on any atom is 0.276 e. The Morgan fingerprint density at radius 2 is 1.71 bits per heavy atom. The first-order chi connectivity index (χ1) is 16.8. The number of carbonyl (C=O) groups is 2. The summed E-state index contributed by atoms with van der Waals surface area (Å²) in [7, 11) is 1.84. The first kappa shape index (κ1) is 22.2. The fraction of sp³-hybridized carbons (Fsp3) is 0.560. The molecule has 0 aromatic carbocycles. The van der Waals surface area contributed by atoms with Gasteiger partial charge >= 0.3 is 0 Å². The van der Waals surface area contributed by atoms with Crippen molar-refractivity contribution < 1.29 is 9.59 Å². The van der Waals surface area contributed by atoms with E-state index in [1.807, 2.05) is 14.0 Å². The van der Waals surface area contributed by atoms with Crippen LogP contribution >= 0.6 is 0 Å². The Kier molecular flexibility index (Phi) is 4.83. The van der Waals surface area contributed by atoms with Gasteiger partial charge in [0.25, 0.3) is 11.5 Å². The molecule has 0 saturated heterocycles. The Labute approximate surface area is 203 Å². The lowest BCUT2D eigenvalue weighted by molar-refractivity contribution is -0.121. The van der Waals surface area contributed by atoms with E-state index in [4.69, 9.17) is 0 Å². The van der Waals surface area contributed by atoms with Crippen molar-refractivity contribution in [3.05, 3.63) is 40.1 Å². The van der Waals surface area contributed by atoms with Crippen molar-refractivity contribution in [3.63, 3.8) is 0 Å². The molecule has 0 atom stereocenters. The van der Waals surface area contributed by atoms with Gasteiger partial charge in [0.05, 0.1) is 5.41 Å². The third kappa shape index (κ3) is 3.62. The van der Waals surface area contributed by atoms with Crippen molar-refractivity contribution >= 4 is 29.1 Å². The Bertz CT molecular complexity index is 1280. The van der Waals surface area contributed by atoms with Gasteiger partial charge in [-0.15, -0.1) is 0 Å². The number of aromatic nitrogens is 3. The highest BCUT2D eigenvalue weighted by atomic mass is 16.2. The van der Waals surface area contributed by atoms with Gasteiger partial charge in [-0.3, -0.25) is 19.0 Å². The molecule has 3 fully saturated rings. The Morgan fingerprint density at radius 3 is 2.37 bits per heavy atom. The van der Waals surface area contributed by atoms with Crippen LogP contribution in [0.2, 0.25) is 0 Å². The van der Waals surface area contributed by atoms with E-state index in [1.54, 1.807) is 16.7 Å². The summed E-state index contributed by atoms with van der Waals surface area (Å²) in [5, 5.41) is 12.2. The second-order valence-corrected chi connectivity index (χ2v) is 10.9. The van der Waals surface area contributed by atoms with E-state index >= 15 is 0 Å². The molecule has 2 spiro atoms. The van der Waals surface area contributed by atoms with Crippen LogP contribution in [0.15, 0.2) is 23.3 Å². The van der Waals surface area contributed by atoms with E-state index in [1.165, 1.54) is 19.2 Å². The summed E-state index contributed by atoms with van der Waals surface area (Å²) >= 11 is 0. The first-order valence-electron chi connectivity index (χ1n) is 12.4. The highest BCUT2D eigenvalue weighted by molar-refractivity contribution is 5.97. The zero-order chi connectivity index (χ0) is 24.4. The molecule has 10 heteroatoms. The Hall–Kier alpha value is -3.27. The minimum atomic E-state index is -0.656. The quantitative estimate of drug-likeness (QED) is 0.503. The van der Waals surface area contributed by atoms with Crippen LogP contribution < -0.4 is 26.8 Å². The van der Waals surface area contributed by atoms with Gasteiger partial charge in [0.1, 0.15) is 35.0 Å². The summed E-state index contributed by atoms with van der Waals surface area (Å²) < 4.78 is 1.68. The van der Waals surface area contributed by atoms with Crippen molar-refractivity contribution in [3.8, 4) is 0 Å². The highest BCUT2D eigenvalue weighted by Crippen LogP contribution is 2.59. The maximum absolute atomic E-state index is 13.7.